The van der Waals surface area contributed by atoms with Crippen LogP contribution >= 0.6 is 0 Å². The van der Waals surface area contributed by atoms with Crippen molar-refractivity contribution >= 4 is 11.0 Å². The second-order valence-electron chi connectivity index (χ2n) is 5.27. The average molecular weight is 264 g/mol. The standard InChI is InChI=1S/C18H20N2/c1-3-9-15(14-10-5-4-6-11-14)18-19-16-12-7-8-13-17(16)20(18)2/h4-8,10-13,15H,3,9H2,1-2H3. The van der Waals surface area contributed by atoms with Gasteiger partial charge in [0.15, 0.2) is 0 Å². The second-order valence-corrected chi connectivity index (χ2v) is 5.27. The van der Waals surface area contributed by atoms with Crippen LogP contribution in [-0.2, 0) is 7.05 Å². The maximum absolute atomic E-state index is 4.87. The molecule has 102 valence electrons. The number of aryl methyl sites for hydroxylation is 1. The summed E-state index contributed by atoms with van der Waals surface area (Å²) in [7, 11) is 2.12. The molecule has 0 N–H and O–H groups in total. The number of hydrogen-bond donors (Lipinski definition) is 0. The summed E-state index contributed by atoms with van der Waals surface area (Å²) in [6.07, 6.45) is 2.28. The fraction of sp³-hybridized carbons (Fsp3) is 0.278. The smallest absolute Gasteiger partial charge is 0.117 e. The van der Waals surface area contributed by atoms with E-state index in [2.05, 4.69) is 73.1 Å². The molecule has 0 aliphatic heterocycles. The summed E-state index contributed by atoms with van der Waals surface area (Å²) in [5, 5.41) is 0. The summed E-state index contributed by atoms with van der Waals surface area (Å²) in [6.45, 7) is 2.23. The highest BCUT2D eigenvalue weighted by Crippen LogP contribution is 2.30. The first-order valence-corrected chi connectivity index (χ1v) is 7.27. The Morgan fingerprint density at radius 2 is 1.70 bits per heavy atom. The quantitative estimate of drug-likeness (QED) is 0.678. The predicted octanol–water partition coefficient (Wildman–Crippen LogP) is 4.51. The molecule has 0 saturated carbocycles. The van der Waals surface area contributed by atoms with Crippen molar-refractivity contribution in [2.75, 3.05) is 0 Å². The Kier molecular flexibility index (Phi) is 3.55. The predicted molar refractivity (Wildman–Crippen MR) is 83.9 cm³/mol. The van der Waals surface area contributed by atoms with Crippen molar-refractivity contribution in [3.63, 3.8) is 0 Å². The number of fused-ring (bicyclic) bond motifs is 1. The summed E-state index contributed by atoms with van der Waals surface area (Å²) in [5.41, 5.74) is 3.65. The molecule has 2 nitrogen and oxygen atoms in total. The summed E-state index contributed by atoms with van der Waals surface area (Å²) in [6, 6.07) is 19.1. The largest absolute Gasteiger partial charge is 0.331 e. The highest BCUT2D eigenvalue weighted by molar-refractivity contribution is 5.76. The van der Waals surface area contributed by atoms with Gasteiger partial charge in [-0.2, -0.15) is 0 Å². The number of aromatic nitrogens is 2. The third kappa shape index (κ3) is 2.22. The molecule has 0 aliphatic rings. The molecule has 1 heterocycles. The normalized spacial score (nSPS) is 12.7. The summed E-state index contributed by atoms with van der Waals surface area (Å²) in [5.74, 6) is 1.54. The Morgan fingerprint density at radius 3 is 2.40 bits per heavy atom. The average Bonchev–Trinajstić information content (AvgIpc) is 2.83. The zero-order valence-electron chi connectivity index (χ0n) is 12.1. The van der Waals surface area contributed by atoms with Crippen LogP contribution in [0.2, 0.25) is 0 Å². The van der Waals surface area contributed by atoms with Gasteiger partial charge in [0, 0.05) is 13.0 Å². The Bertz CT molecular complexity index is 698. The molecule has 1 aromatic heterocycles. The fourth-order valence-corrected chi connectivity index (χ4v) is 2.89. The van der Waals surface area contributed by atoms with Gasteiger partial charge in [0.2, 0.25) is 0 Å². The summed E-state index contributed by atoms with van der Waals surface area (Å²) >= 11 is 0. The van der Waals surface area contributed by atoms with Crippen molar-refractivity contribution in [2.45, 2.75) is 25.7 Å². The summed E-state index contributed by atoms with van der Waals surface area (Å²) in [4.78, 5) is 4.87. The van der Waals surface area contributed by atoms with Crippen LogP contribution in [-0.4, -0.2) is 9.55 Å². The van der Waals surface area contributed by atoms with Crippen LogP contribution in [0.15, 0.2) is 54.6 Å². The number of benzene rings is 2. The van der Waals surface area contributed by atoms with Gasteiger partial charge in [0.25, 0.3) is 0 Å². The van der Waals surface area contributed by atoms with E-state index in [0.29, 0.717) is 5.92 Å². The number of rotatable bonds is 4. The van der Waals surface area contributed by atoms with Gasteiger partial charge < -0.3 is 4.57 Å². The number of imidazole rings is 1. The zero-order chi connectivity index (χ0) is 13.9. The monoisotopic (exact) mass is 264 g/mol. The minimum Gasteiger partial charge on any atom is -0.331 e. The first-order valence-electron chi connectivity index (χ1n) is 7.27. The van der Waals surface area contributed by atoms with Crippen LogP contribution in [0.5, 0.6) is 0 Å². The molecule has 20 heavy (non-hydrogen) atoms. The molecule has 0 aliphatic carbocycles. The maximum atomic E-state index is 4.87. The molecule has 0 spiro atoms. The van der Waals surface area contributed by atoms with Crippen molar-refractivity contribution in [3.8, 4) is 0 Å². The van der Waals surface area contributed by atoms with Crippen LogP contribution in [0, 0.1) is 0 Å². The lowest BCUT2D eigenvalue weighted by atomic mass is 9.94. The van der Waals surface area contributed by atoms with E-state index in [4.69, 9.17) is 4.98 Å². The molecule has 1 atom stereocenters. The van der Waals surface area contributed by atoms with Crippen LogP contribution in [0.3, 0.4) is 0 Å². The SMILES string of the molecule is CCCC(c1ccccc1)c1nc2ccccc2n1C. The number of nitrogens with zero attached hydrogens (tertiary/aromatic N) is 2. The molecule has 2 heteroatoms. The molecule has 0 saturated heterocycles. The van der Waals surface area contributed by atoms with Crippen molar-refractivity contribution < 1.29 is 0 Å². The van der Waals surface area contributed by atoms with E-state index >= 15 is 0 Å². The van der Waals surface area contributed by atoms with Crippen molar-refractivity contribution in [3.05, 3.63) is 66.0 Å². The molecular formula is C18H20N2. The zero-order valence-corrected chi connectivity index (χ0v) is 12.1. The lowest BCUT2D eigenvalue weighted by molar-refractivity contribution is 0.636. The van der Waals surface area contributed by atoms with Crippen LogP contribution < -0.4 is 0 Å². The number of para-hydroxylation sites is 2. The lowest BCUT2D eigenvalue weighted by Crippen LogP contribution is -2.08. The van der Waals surface area contributed by atoms with Gasteiger partial charge in [-0.1, -0.05) is 55.8 Å². The van der Waals surface area contributed by atoms with Crippen LogP contribution in [0.4, 0.5) is 0 Å². The molecule has 0 radical (unpaired) electrons. The molecule has 1 unspecified atom stereocenters. The molecule has 2 aromatic carbocycles. The van der Waals surface area contributed by atoms with E-state index in [9.17, 15) is 0 Å². The minimum absolute atomic E-state index is 0.374. The lowest BCUT2D eigenvalue weighted by Gasteiger charge is -2.16. The Labute approximate surface area is 120 Å². The van der Waals surface area contributed by atoms with E-state index in [1.54, 1.807) is 0 Å². The van der Waals surface area contributed by atoms with Gasteiger partial charge in [-0.3, -0.25) is 0 Å². The first-order chi connectivity index (χ1) is 9.81. The molecule has 0 bridgehead atoms. The van der Waals surface area contributed by atoms with E-state index < -0.39 is 0 Å². The van der Waals surface area contributed by atoms with E-state index in [0.717, 1.165) is 18.4 Å². The Morgan fingerprint density at radius 1 is 1.00 bits per heavy atom. The Balaban J connectivity index is 2.12. The van der Waals surface area contributed by atoms with Crippen LogP contribution in [0.25, 0.3) is 11.0 Å². The first kappa shape index (κ1) is 12.9. The van der Waals surface area contributed by atoms with Crippen molar-refractivity contribution in [1.82, 2.24) is 9.55 Å². The van der Waals surface area contributed by atoms with E-state index in [1.807, 2.05) is 0 Å². The molecule has 3 aromatic rings. The Hall–Kier alpha value is -2.09. The summed E-state index contributed by atoms with van der Waals surface area (Å²) < 4.78 is 2.24. The molecule has 0 fully saturated rings. The fourth-order valence-electron chi connectivity index (χ4n) is 2.89. The number of hydrogen-bond acceptors (Lipinski definition) is 1. The maximum Gasteiger partial charge on any atom is 0.117 e. The minimum atomic E-state index is 0.374. The molecule has 3 rings (SSSR count). The van der Waals surface area contributed by atoms with E-state index in [1.165, 1.54) is 16.9 Å². The molecular weight excluding hydrogens is 244 g/mol. The molecule has 0 amide bonds. The van der Waals surface area contributed by atoms with Gasteiger partial charge >= 0.3 is 0 Å². The van der Waals surface area contributed by atoms with Gasteiger partial charge in [0.1, 0.15) is 5.82 Å². The topological polar surface area (TPSA) is 17.8 Å². The van der Waals surface area contributed by atoms with Gasteiger partial charge in [-0.15, -0.1) is 0 Å². The second kappa shape index (κ2) is 5.49. The highest BCUT2D eigenvalue weighted by atomic mass is 15.1. The third-order valence-electron chi connectivity index (χ3n) is 3.91. The van der Waals surface area contributed by atoms with Gasteiger partial charge in [-0.25, -0.2) is 4.98 Å². The van der Waals surface area contributed by atoms with Crippen LogP contribution in [0.1, 0.15) is 37.1 Å². The van der Waals surface area contributed by atoms with E-state index in [-0.39, 0.29) is 0 Å². The highest BCUT2D eigenvalue weighted by Gasteiger charge is 2.19. The third-order valence-corrected chi connectivity index (χ3v) is 3.91. The van der Waals surface area contributed by atoms with Crippen molar-refractivity contribution in [2.24, 2.45) is 7.05 Å². The van der Waals surface area contributed by atoms with Gasteiger partial charge in [0.05, 0.1) is 11.0 Å². The van der Waals surface area contributed by atoms with Crippen molar-refractivity contribution in [1.29, 1.82) is 0 Å². The van der Waals surface area contributed by atoms with Gasteiger partial charge in [-0.05, 0) is 24.1 Å².